The maximum Gasteiger partial charge on any atom is 0.409 e. The average molecular weight is 474 g/mol. The Hall–Kier alpha value is -3.07. The van der Waals surface area contributed by atoms with E-state index < -0.39 is 10.0 Å². The number of para-hydroxylation sites is 1. The number of piperazine rings is 1. The number of ether oxygens (including phenoxy) is 1. The molecule has 2 aromatic carbocycles. The van der Waals surface area contributed by atoms with Crippen molar-refractivity contribution in [3.63, 3.8) is 0 Å². The maximum absolute atomic E-state index is 13.2. The van der Waals surface area contributed by atoms with Gasteiger partial charge < -0.3 is 14.5 Å². The summed E-state index contributed by atoms with van der Waals surface area (Å²) in [5, 5.41) is 0. The van der Waals surface area contributed by atoms with Gasteiger partial charge >= 0.3 is 6.09 Å². The molecule has 0 aliphatic carbocycles. The Labute approximate surface area is 195 Å². The zero-order chi connectivity index (χ0) is 24.2. The molecule has 1 aliphatic heterocycles. The first-order valence-corrected chi connectivity index (χ1v) is 12.5. The Bertz CT molecular complexity index is 1120. The lowest BCUT2D eigenvalue weighted by Crippen LogP contribution is -2.51. The van der Waals surface area contributed by atoms with Gasteiger partial charge in [0.2, 0.25) is 0 Å². The minimum atomic E-state index is -3.88. The number of sulfonamides is 1. The van der Waals surface area contributed by atoms with Gasteiger partial charge in [0.05, 0.1) is 22.8 Å². The molecule has 1 heterocycles. The van der Waals surface area contributed by atoms with Crippen LogP contribution in [0.15, 0.2) is 47.4 Å². The highest BCUT2D eigenvalue weighted by Gasteiger charge is 2.28. The van der Waals surface area contributed by atoms with Gasteiger partial charge in [-0.1, -0.05) is 38.1 Å². The summed E-state index contributed by atoms with van der Waals surface area (Å²) in [5.74, 6) is -0.0369. The monoisotopic (exact) mass is 473 g/mol. The van der Waals surface area contributed by atoms with E-state index in [1.807, 2.05) is 26.8 Å². The summed E-state index contributed by atoms with van der Waals surface area (Å²) >= 11 is 0. The van der Waals surface area contributed by atoms with Crippen LogP contribution in [0.4, 0.5) is 10.5 Å². The summed E-state index contributed by atoms with van der Waals surface area (Å²) in [5.41, 5.74) is 1.94. The number of hydrogen-bond donors (Lipinski definition) is 1. The van der Waals surface area contributed by atoms with Gasteiger partial charge in [-0.3, -0.25) is 9.52 Å². The van der Waals surface area contributed by atoms with Crippen molar-refractivity contribution < 1.29 is 22.7 Å². The maximum atomic E-state index is 13.2. The van der Waals surface area contributed by atoms with E-state index in [1.54, 1.807) is 53.1 Å². The van der Waals surface area contributed by atoms with Crippen LogP contribution >= 0.6 is 0 Å². The quantitative estimate of drug-likeness (QED) is 0.691. The smallest absolute Gasteiger partial charge is 0.409 e. The first kappa shape index (κ1) is 24.6. The molecule has 3 rings (SSSR count). The number of hydrogen-bond acceptors (Lipinski definition) is 5. The predicted octanol–water partition coefficient (Wildman–Crippen LogP) is 3.65. The van der Waals surface area contributed by atoms with E-state index >= 15 is 0 Å². The second-order valence-corrected chi connectivity index (χ2v) is 10.3. The molecule has 0 spiro atoms. The van der Waals surface area contributed by atoms with Crippen LogP contribution in [0.2, 0.25) is 0 Å². The average Bonchev–Trinajstić information content (AvgIpc) is 2.78. The Kier molecular flexibility index (Phi) is 7.63. The fraction of sp³-hybridized carbons (Fsp3) is 0.417. The Morgan fingerprint density at radius 2 is 1.64 bits per heavy atom. The summed E-state index contributed by atoms with van der Waals surface area (Å²) in [6, 6.07) is 11.8. The van der Waals surface area contributed by atoms with Crippen molar-refractivity contribution in [3.8, 4) is 0 Å². The first-order valence-electron chi connectivity index (χ1n) is 11.0. The summed E-state index contributed by atoms with van der Waals surface area (Å²) in [7, 11) is -3.88. The van der Waals surface area contributed by atoms with E-state index in [4.69, 9.17) is 4.74 Å². The molecule has 2 aromatic rings. The van der Waals surface area contributed by atoms with Crippen LogP contribution < -0.4 is 4.72 Å². The van der Waals surface area contributed by atoms with E-state index in [0.29, 0.717) is 38.3 Å². The zero-order valence-corrected chi connectivity index (χ0v) is 20.3. The molecule has 0 aromatic heterocycles. The number of nitrogens with zero attached hydrogens (tertiary/aromatic N) is 2. The van der Waals surface area contributed by atoms with Crippen LogP contribution in [0.25, 0.3) is 0 Å². The lowest BCUT2D eigenvalue weighted by molar-refractivity contribution is 0.0536. The SMILES string of the molecule is Cc1ccc(C)c(S(=O)(=O)Nc2ccccc2C(=O)N2CCN(C(=O)OCC(C)C)CC2)c1. The number of rotatable bonds is 6. The van der Waals surface area contributed by atoms with Gasteiger partial charge in [0.25, 0.3) is 15.9 Å². The number of anilines is 1. The van der Waals surface area contributed by atoms with Crippen molar-refractivity contribution in [2.75, 3.05) is 37.5 Å². The molecular weight excluding hydrogens is 442 g/mol. The summed E-state index contributed by atoms with van der Waals surface area (Å²) in [4.78, 5) is 28.8. The highest BCUT2D eigenvalue weighted by atomic mass is 32.2. The predicted molar refractivity (Wildman–Crippen MR) is 127 cm³/mol. The normalized spacial score (nSPS) is 14.3. The molecule has 0 unspecified atom stereocenters. The molecule has 0 radical (unpaired) electrons. The van der Waals surface area contributed by atoms with Crippen LogP contribution in [-0.4, -0.2) is 63.0 Å². The minimum absolute atomic E-state index is 0.179. The van der Waals surface area contributed by atoms with E-state index in [0.717, 1.165) is 5.56 Å². The minimum Gasteiger partial charge on any atom is -0.449 e. The molecule has 1 N–H and O–H groups in total. The van der Waals surface area contributed by atoms with E-state index in [-0.39, 0.29) is 34.1 Å². The van der Waals surface area contributed by atoms with Crippen LogP contribution in [0.3, 0.4) is 0 Å². The Morgan fingerprint density at radius 3 is 2.30 bits per heavy atom. The molecule has 0 saturated carbocycles. The fourth-order valence-electron chi connectivity index (χ4n) is 3.55. The Morgan fingerprint density at radius 1 is 1.00 bits per heavy atom. The van der Waals surface area contributed by atoms with Crippen molar-refractivity contribution in [1.29, 1.82) is 0 Å². The third-order valence-electron chi connectivity index (χ3n) is 5.40. The van der Waals surface area contributed by atoms with Gasteiger partial charge in [-0.25, -0.2) is 13.2 Å². The number of benzene rings is 2. The summed E-state index contributed by atoms with van der Waals surface area (Å²) in [6.07, 6.45) is -0.377. The molecule has 1 saturated heterocycles. The molecular formula is C24H31N3O5S. The molecule has 8 nitrogen and oxygen atoms in total. The van der Waals surface area contributed by atoms with Gasteiger partial charge in [-0.05, 0) is 49.1 Å². The lowest BCUT2D eigenvalue weighted by Gasteiger charge is -2.34. The number of carbonyl (C=O) groups excluding carboxylic acids is 2. The molecule has 9 heteroatoms. The number of nitrogens with one attached hydrogen (secondary N) is 1. The van der Waals surface area contributed by atoms with E-state index in [9.17, 15) is 18.0 Å². The molecule has 0 atom stereocenters. The van der Waals surface area contributed by atoms with Crippen molar-refractivity contribution >= 4 is 27.7 Å². The van der Waals surface area contributed by atoms with Crippen LogP contribution in [-0.2, 0) is 14.8 Å². The van der Waals surface area contributed by atoms with Crippen LogP contribution in [0.5, 0.6) is 0 Å². The number of amides is 2. The molecule has 0 bridgehead atoms. The number of aryl methyl sites for hydroxylation is 2. The van der Waals surface area contributed by atoms with Gasteiger partial charge in [0, 0.05) is 26.2 Å². The van der Waals surface area contributed by atoms with Crippen molar-refractivity contribution in [2.45, 2.75) is 32.6 Å². The van der Waals surface area contributed by atoms with Gasteiger partial charge in [-0.15, -0.1) is 0 Å². The summed E-state index contributed by atoms with van der Waals surface area (Å²) in [6.45, 7) is 9.25. The zero-order valence-electron chi connectivity index (χ0n) is 19.5. The van der Waals surface area contributed by atoms with Crippen LogP contribution in [0.1, 0.15) is 35.3 Å². The van der Waals surface area contributed by atoms with Gasteiger partial charge in [-0.2, -0.15) is 0 Å². The highest BCUT2D eigenvalue weighted by molar-refractivity contribution is 7.92. The highest BCUT2D eigenvalue weighted by Crippen LogP contribution is 2.24. The molecule has 1 fully saturated rings. The van der Waals surface area contributed by atoms with Crippen molar-refractivity contribution in [3.05, 3.63) is 59.2 Å². The second kappa shape index (κ2) is 10.2. The molecule has 33 heavy (non-hydrogen) atoms. The van der Waals surface area contributed by atoms with Crippen LogP contribution in [0, 0.1) is 19.8 Å². The largest absolute Gasteiger partial charge is 0.449 e. The lowest BCUT2D eigenvalue weighted by atomic mass is 10.1. The van der Waals surface area contributed by atoms with Gasteiger partial charge in [0.1, 0.15) is 0 Å². The van der Waals surface area contributed by atoms with E-state index in [2.05, 4.69) is 4.72 Å². The molecule has 178 valence electrons. The summed E-state index contributed by atoms with van der Waals surface area (Å²) < 4.78 is 34.0. The topological polar surface area (TPSA) is 96.0 Å². The molecule has 1 aliphatic rings. The second-order valence-electron chi connectivity index (χ2n) is 8.67. The third kappa shape index (κ3) is 6.04. The molecule has 2 amide bonds. The third-order valence-corrected chi connectivity index (χ3v) is 6.91. The van der Waals surface area contributed by atoms with Crippen molar-refractivity contribution in [2.24, 2.45) is 5.92 Å². The standard InChI is InChI=1S/C24H31N3O5S/c1-17(2)16-32-24(29)27-13-11-26(12-14-27)23(28)20-7-5-6-8-21(20)25-33(30,31)22-15-18(3)9-10-19(22)4/h5-10,15,17,25H,11-14,16H2,1-4H3. The van der Waals surface area contributed by atoms with E-state index in [1.165, 1.54) is 0 Å². The Balaban J connectivity index is 1.72. The fourth-order valence-corrected chi connectivity index (χ4v) is 4.96. The number of carbonyl (C=O) groups is 2. The van der Waals surface area contributed by atoms with Gasteiger partial charge in [0.15, 0.2) is 0 Å². The van der Waals surface area contributed by atoms with Crippen molar-refractivity contribution in [1.82, 2.24) is 9.80 Å². The first-order chi connectivity index (χ1) is 15.6.